The monoisotopic (exact) mass is 423 g/mol. The number of thiophene rings is 1. The van der Waals surface area contributed by atoms with Crippen molar-refractivity contribution in [1.82, 2.24) is 4.90 Å². The van der Waals surface area contributed by atoms with Gasteiger partial charge in [0.15, 0.2) is 0 Å². The Kier molecular flexibility index (Phi) is 5.81. The molecule has 2 amide bonds. The zero-order valence-corrected chi connectivity index (χ0v) is 17.3. The standard InChI is InChI=1S/C23H22FN3O2S/c1-15-12-20(26-22(28)16-6-5-7-17(24)13-16)30-21(15)23(29)27-11-10-19(14-27)25-18-8-3-2-4-9-18/h2-9,12-13,19,25H,10-11,14H2,1H3,(H,26,28). The first-order chi connectivity index (χ1) is 14.5. The molecule has 0 radical (unpaired) electrons. The smallest absolute Gasteiger partial charge is 0.264 e. The average molecular weight is 424 g/mol. The summed E-state index contributed by atoms with van der Waals surface area (Å²) in [5.41, 5.74) is 2.11. The fraction of sp³-hybridized carbons (Fsp3) is 0.217. The van der Waals surface area contributed by atoms with Crippen LogP contribution in [-0.4, -0.2) is 35.8 Å². The topological polar surface area (TPSA) is 61.4 Å². The lowest BCUT2D eigenvalue weighted by atomic mass is 10.2. The maximum absolute atomic E-state index is 13.3. The van der Waals surface area contributed by atoms with Crippen LogP contribution in [0.25, 0.3) is 0 Å². The Balaban J connectivity index is 1.40. The van der Waals surface area contributed by atoms with Crippen molar-refractivity contribution in [2.45, 2.75) is 19.4 Å². The van der Waals surface area contributed by atoms with E-state index in [2.05, 4.69) is 10.6 Å². The summed E-state index contributed by atoms with van der Waals surface area (Å²) in [4.78, 5) is 27.8. The van der Waals surface area contributed by atoms with Crippen LogP contribution in [-0.2, 0) is 0 Å². The summed E-state index contributed by atoms with van der Waals surface area (Å²) >= 11 is 1.25. The molecule has 1 unspecified atom stereocenters. The number of nitrogens with zero attached hydrogens (tertiary/aromatic N) is 1. The Bertz CT molecular complexity index is 1070. The molecule has 3 aromatic rings. The largest absolute Gasteiger partial charge is 0.380 e. The van der Waals surface area contributed by atoms with Gasteiger partial charge in [-0.1, -0.05) is 24.3 Å². The molecule has 30 heavy (non-hydrogen) atoms. The lowest BCUT2D eigenvalue weighted by molar-refractivity contribution is 0.0795. The SMILES string of the molecule is Cc1cc(NC(=O)c2cccc(F)c2)sc1C(=O)N1CCC(Nc2ccccc2)C1. The first-order valence-corrected chi connectivity index (χ1v) is 10.6. The second-order valence-electron chi connectivity index (χ2n) is 7.33. The molecule has 7 heteroatoms. The quantitative estimate of drug-likeness (QED) is 0.621. The van der Waals surface area contributed by atoms with Crippen molar-refractivity contribution in [2.75, 3.05) is 23.7 Å². The zero-order chi connectivity index (χ0) is 21.1. The molecule has 0 aliphatic carbocycles. The van der Waals surface area contributed by atoms with E-state index in [0.29, 0.717) is 23.0 Å². The van der Waals surface area contributed by atoms with Crippen molar-refractivity contribution in [3.8, 4) is 0 Å². The van der Waals surface area contributed by atoms with E-state index in [1.807, 2.05) is 42.2 Å². The van der Waals surface area contributed by atoms with Crippen molar-refractivity contribution in [1.29, 1.82) is 0 Å². The van der Waals surface area contributed by atoms with Crippen molar-refractivity contribution in [3.05, 3.63) is 82.5 Å². The van der Waals surface area contributed by atoms with Gasteiger partial charge in [0.25, 0.3) is 11.8 Å². The minimum Gasteiger partial charge on any atom is -0.380 e. The summed E-state index contributed by atoms with van der Waals surface area (Å²) in [5.74, 6) is -0.891. The number of para-hydroxylation sites is 1. The molecule has 154 valence electrons. The van der Waals surface area contributed by atoms with Gasteiger partial charge >= 0.3 is 0 Å². The highest BCUT2D eigenvalue weighted by molar-refractivity contribution is 7.18. The van der Waals surface area contributed by atoms with Crippen LogP contribution in [0.15, 0.2) is 60.7 Å². The molecule has 0 saturated carbocycles. The number of benzene rings is 2. The summed E-state index contributed by atoms with van der Waals surface area (Å²) in [6, 6.07) is 17.5. The van der Waals surface area contributed by atoms with Gasteiger partial charge in [-0.05, 0) is 55.3 Å². The van der Waals surface area contributed by atoms with Crippen LogP contribution < -0.4 is 10.6 Å². The fourth-order valence-corrected chi connectivity index (χ4v) is 4.58. The van der Waals surface area contributed by atoms with Crippen LogP contribution >= 0.6 is 11.3 Å². The van der Waals surface area contributed by atoms with Crippen LogP contribution in [0.3, 0.4) is 0 Å². The highest BCUT2D eigenvalue weighted by Crippen LogP contribution is 2.29. The van der Waals surface area contributed by atoms with E-state index in [-0.39, 0.29) is 17.5 Å². The number of rotatable bonds is 5. The molecule has 1 aliphatic heterocycles. The number of halogens is 1. The number of hydrogen-bond acceptors (Lipinski definition) is 4. The van der Waals surface area contributed by atoms with Crippen molar-refractivity contribution in [3.63, 3.8) is 0 Å². The van der Waals surface area contributed by atoms with Crippen molar-refractivity contribution < 1.29 is 14.0 Å². The number of carbonyl (C=O) groups is 2. The minimum atomic E-state index is -0.464. The number of nitrogens with one attached hydrogen (secondary N) is 2. The molecule has 4 rings (SSSR count). The number of likely N-dealkylation sites (tertiary alicyclic amines) is 1. The first-order valence-electron chi connectivity index (χ1n) is 9.78. The van der Waals surface area contributed by atoms with Crippen molar-refractivity contribution >= 4 is 33.8 Å². The van der Waals surface area contributed by atoms with E-state index in [4.69, 9.17) is 0 Å². The van der Waals surface area contributed by atoms with Gasteiger partial charge in [0.1, 0.15) is 5.82 Å². The summed E-state index contributed by atoms with van der Waals surface area (Å²) in [7, 11) is 0. The number of amides is 2. The molecule has 2 aromatic carbocycles. The molecule has 2 heterocycles. The third-order valence-corrected chi connectivity index (χ3v) is 6.20. The van der Waals surface area contributed by atoms with Crippen LogP contribution in [0.1, 0.15) is 32.0 Å². The zero-order valence-electron chi connectivity index (χ0n) is 16.5. The van der Waals surface area contributed by atoms with Gasteiger partial charge in [0.05, 0.1) is 9.88 Å². The second-order valence-corrected chi connectivity index (χ2v) is 8.39. The summed E-state index contributed by atoms with van der Waals surface area (Å²) < 4.78 is 13.3. The third kappa shape index (κ3) is 4.52. The molecular formula is C23H22FN3O2S. The van der Waals surface area contributed by atoms with Crippen LogP contribution in [0.2, 0.25) is 0 Å². The van der Waals surface area contributed by atoms with E-state index in [9.17, 15) is 14.0 Å². The van der Waals surface area contributed by atoms with Crippen LogP contribution in [0.5, 0.6) is 0 Å². The van der Waals surface area contributed by atoms with Gasteiger partial charge in [-0.2, -0.15) is 0 Å². The maximum Gasteiger partial charge on any atom is 0.264 e. The predicted octanol–water partition coefficient (Wildman–Crippen LogP) is 4.77. The van der Waals surface area contributed by atoms with Crippen LogP contribution in [0.4, 0.5) is 15.1 Å². The number of carbonyl (C=O) groups excluding carboxylic acids is 2. The normalized spacial score (nSPS) is 15.8. The van der Waals surface area contributed by atoms with E-state index >= 15 is 0 Å². The van der Waals surface area contributed by atoms with Gasteiger partial charge in [-0.15, -0.1) is 11.3 Å². The van der Waals surface area contributed by atoms with Gasteiger partial charge < -0.3 is 15.5 Å². The predicted molar refractivity (Wildman–Crippen MR) is 118 cm³/mol. The van der Waals surface area contributed by atoms with E-state index in [0.717, 1.165) is 17.7 Å². The Morgan fingerprint density at radius 1 is 1.10 bits per heavy atom. The molecule has 1 saturated heterocycles. The number of aryl methyl sites for hydroxylation is 1. The summed E-state index contributed by atoms with van der Waals surface area (Å²) in [6.07, 6.45) is 0.883. The molecule has 1 fully saturated rings. The third-order valence-electron chi connectivity index (χ3n) is 5.06. The Labute approximate surface area is 178 Å². The Morgan fingerprint density at radius 3 is 2.67 bits per heavy atom. The summed E-state index contributed by atoms with van der Waals surface area (Å²) in [6.45, 7) is 3.18. The minimum absolute atomic E-state index is 0.0267. The first kappa shape index (κ1) is 20.1. The molecule has 5 nitrogen and oxygen atoms in total. The Hall–Kier alpha value is -3.19. The van der Waals surface area contributed by atoms with E-state index < -0.39 is 11.7 Å². The summed E-state index contributed by atoms with van der Waals surface area (Å²) in [5, 5.41) is 6.80. The second kappa shape index (κ2) is 8.67. The van der Waals surface area contributed by atoms with Gasteiger partial charge in [0, 0.05) is 30.4 Å². The Morgan fingerprint density at radius 2 is 1.90 bits per heavy atom. The lowest BCUT2D eigenvalue weighted by Crippen LogP contribution is -2.31. The maximum atomic E-state index is 13.3. The van der Waals surface area contributed by atoms with Crippen LogP contribution in [0, 0.1) is 12.7 Å². The lowest BCUT2D eigenvalue weighted by Gasteiger charge is -2.17. The fourth-order valence-electron chi connectivity index (χ4n) is 3.55. The van der Waals surface area contributed by atoms with Gasteiger partial charge in [0.2, 0.25) is 0 Å². The highest BCUT2D eigenvalue weighted by atomic mass is 32.1. The number of anilines is 2. The molecule has 1 atom stereocenters. The molecule has 1 aliphatic rings. The van der Waals surface area contributed by atoms with Crippen molar-refractivity contribution in [2.24, 2.45) is 0 Å². The van der Waals surface area contributed by atoms with Gasteiger partial charge in [-0.3, -0.25) is 9.59 Å². The van der Waals surface area contributed by atoms with E-state index in [1.54, 1.807) is 12.1 Å². The average Bonchev–Trinajstić information content (AvgIpc) is 3.34. The molecule has 2 N–H and O–H groups in total. The van der Waals surface area contributed by atoms with E-state index in [1.165, 1.54) is 29.5 Å². The molecular weight excluding hydrogens is 401 g/mol. The molecule has 0 bridgehead atoms. The number of hydrogen-bond donors (Lipinski definition) is 2. The molecule has 0 spiro atoms. The van der Waals surface area contributed by atoms with Gasteiger partial charge in [-0.25, -0.2) is 4.39 Å². The highest BCUT2D eigenvalue weighted by Gasteiger charge is 2.29. The molecule has 1 aromatic heterocycles.